The first-order valence-corrected chi connectivity index (χ1v) is 10.8. The number of carbonyl (C=O) groups excluding carboxylic acids is 1. The molecule has 7 heteroatoms. The predicted octanol–water partition coefficient (Wildman–Crippen LogP) is 4.62. The van der Waals surface area contributed by atoms with Gasteiger partial charge in [0.25, 0.3) is 0 Å². The molecule has 0 radical (unpaired) electrons. The van der Waals surface area contributed by atoms with Crippen LogP contribution in [0.5, 0.6) is 5.75 Å². The number of ether oxygens (including phenoxy) is 1. The highest BCUT2D eigenvalue weighted by Gasteiger charge is 2.25. The third kappa shape index (κ3) is 3.95. The smallest absolute Gasteiger partial charge is 0.246 e. The molecule has 1 aromatic heterocycles. The Hall–Kier alpha value is -3.74. The Labute approximate surface area is 193 Å². The quantitative estimate of drug-likeness (QED) is 0.535. The number of halogens is 1. The second-order valence-electron chi connectivity index (χ2n) is 8.15. The Morgan fingerprint density at radius 3 is 2.55 bits per heavy atom. The number of hydrogen-bond donors (Lipinski definition) is 0. The van der Waals surface area contributed by atoms with Crippen molar-refractivity contribution in [1.29, 1.82) is 0 Å². The lowest BCUT2D eigenvalue weighted by atomic mass is 9.88. The number of rotatable bonds is 5. The molecule has 0 unspecified atom stereocenters. The first-order valence-electron chi connectivity index (χ1n) is 10.8. The molecule has 1 aliphatic rings. The number of carbonyl (C=O) groups is 1. The molecule has 4 rings (SSSR count). The summed E-state index contributed by atoms with van der Waals surface area (Å²) in [7, 11) is 1.53. The van der Waals surface area contributed by atoms with Gasteiger partial charge in [0.2, 0.25) is 5.91 Å². The number of hydrogen-bond acceptors (Lipinski definition) is 5. The van der Waals surface area contributed by atoms with Crippen LogP contribution in [-0.4, -0.2) is 54.1 Å². The normalized spacial score (nSPS) is 13.8. The third-order valence-electron chi connectivity index (χ3n) is 6.04. The van der Waals surface area contributed by atoms with E-state index in [-0.39, 0.29) is 11.7 Å². The lowest BCUT2D eigenvalue weighted by molar-refractivity contribution is -0.126. The van der Waals surface area contributed by atoms with Crippen molar-refractivity contribution in [2.45, 2.75) is 13.8 Å². The second-order valence-corrected chi connectivity index (χ2v) is 8.15. The lowest BCUT2D eigenvalue weighted by Crippen LogP contribution is -2.48. The van der Waals surface area contributed by atoms with E-state index in [9.17, 15) is 4.79 Å². The van der Waals surface area contributed by atoms with Crippen LogP contribution < -0.4 is 9.64 Å². The molecule has 1 amide bonds. The van der Waals surface area contributed by atoms with Gasteiger partial charge in [0.1, 0.15) is 23.7 Å². The van der Waals surface area contributed by atoms with Crippen LogP contribution in [0.25, 0.3) is 27.6 Å². The molecule has 2 aromatic carbocycles. The van der Waals surface area contributed by atoms with E-state index in [0.29, 0.717) is 43.0 Å². The maximum absolute atomic E-state index is 15.1. The molecule has 1 aliphatic heterocycles. The van der Waals surface area contributed by atoms with Crippen molar-refractivity contribution < 1.29 is 13.9 Å². The topological polar surface area (TPSA) is 58.6 Å². The van der Waals surface area contributed by atoms with Gasteiger partial charge in [0, 0.05) is 42.7 Å². The van der Waals surface area contributed by atoms with Crippen LogP contribution in [0.15, 0.2) is 49.8 Å². The van der Waals surface area contributed by atoms with Gasteiger partial charge >= 0.3 is 0 Å². The molecule has 6 nitrogen and oxygen atoms in total. The number of aromatic nitrogens is 2. The molecule has 1 saturated heterocycles. The molecular formula is C26H27FN4O2. The lowest BCUT2D eigenvalue weighted by Gasteiger charge is -2.35. The van der Waals surface area contributed by atoms with E-state index in [1.165, 1.54) is 25.6 Å². The Morgan fingerprint density at radius 2 is 1.91 bits per heavy atom. The van der Waals surface area contributed by atoms with Gasteiger partial charge in [-0.2, -0.15) is 0 Å². The number of amides is 1. The average molecular weight is 447 g/mol. The molecular weight excluding hydrogens is 419 g/mol. The van der Waals surface area contributed by atoms with Crippen LogP contribution in [-0.2, 0) is 4.79 Å². The van der Waals surface area contributed by atoms with Crippen molar-refractivity contribution in [2.75, 3.05) is 38.2 Å². The Kier molecular flexibility index (Phi) is 6.14. The fraction of sp³-hybridized carbons (Fsp3) is 0.269. The number of anilines is 1. The van der Waals surface area contributed by atoms with Crippen molar-refractivity contribution in [3.8, 4) is 16.9 Å². The number of methoxy groups -OCH3 is 1. The SMILES string of the molecule is C=CC(=O)N1CCN(c2ncnc3c(C(=C)C)c(-c4c(F)cccc4OC)c(C)cc23)CC1. The summed E-state index contributed by atoms with van der Waals surface area (Å²) in [5.41, 5.74) is 4.25. The molecule has 0 saturated carbocycles. The molecule has 170 valence electrons. The van der Waals surface area contributed by atoms with E-state index in [4.69, 9.17) is 4.74 Å². The Bertz CT molecular complexity index is 1260. The monoisotopic (exact) mass is 446 g/mol. The summed E-state index contributed by atoms with van der Waals surface area (Å²) >= 11 is 0. The summed E-state index contributed by atoms with van der Waals surface area (Å²) in [5.74, 6) is 0.822. The largest absolute Gasteiger partial charge is 0.496 e. The average Bonchev–Trinajstić information content (AvgIpc) is 2.82. The van der Waals surface area contributed by atoms with Gasteiger partial charge in [0.05, 0.1) is 18.2 Å². The van der Waals surface area contributed by atoms with E-state index < -0.39 is 0 Å². The zero-order chi connectivity index (χ0) is 23.7. The standard InChI is InChI=1S/C26H27FN4O2/c1-6-21(32)30-10-12-31(13-11-30)26-18-14-17(4)23(22(16(2)3)25(18)28-15-29-26)24-19(27)8-7-9-20(24)33-5/h6-9,14-15H,1-2,10-13H2,3-5H3. The van der Waals surface area contributed by atoms with Crippen LogP contribution in [0.1, 0.15) is 18.1 Å². The van der Waals surface area contributed by atoms with Gasteiger partial charge < -0.3 is 14.5 Å². The van der Waals surface area contributed by atoms with Crippen molar-refractivity contribution in [1.82, 2.24) is 14.9 Å². The van der Waals surface area contributed by atoms with Gasteiger partial charge in [-0.1, -0.05) is 19.2 Å². The fourth-order valence-corrected chi connectivity index (χ4v) is 4.50. The second kappa shape index (κ2) is 9.02. The summed E-state index contributed by atoms with van der Waals surface area (Å²) in [5, 5.41) is 0.871. The first-order chi connectivity index (χ1) is 15.9. The molecule has 2 heterocycles. The van der Waals surface area contributed by atoms with Crippen LogP contribution in [0, 0.1) is 12.7 Å². The van der Waals surface area contributed by atoms with Gasteiger partial charge in [-0.05, 0) is 49.3 Å². The van der Waals surface area contributed by atoms with Gasteiger partial charge in [-0.15, -0.1) is 0 Å². The third-order valence-corrected chi connectivity index (χ3v) is 6.04. The summed E-state index contributed by atoms with van der Waals surface area (Å²) < 4.78 is 20.5. The van der Waals surface area contributed by atoms with E-state index in [0.717, 1.165) is 33.5 Å². The molecule has 0 N–H and O–H groups in total. The van der Waals surface area contributed by atoms with E-state index in [1.807, 2.05) is 19.9 Å². The van der Waals surface area contributed by atoms with E-state index in [1.54, 1.807) is 17.0 Å². The maximum atomic E-state index is 15.1. The fourth-order valence-electron chi connectivity index (χ4n) is 4.50. The number of benzene rings is 2. The van der Waals surface area contributed by atoms with Crippen molar-refractivity contribution in [2.24, 2.45) is 0 Å². The molecule has 3 aromatic rings. The van der Waals surface area contributed by atoms with Crippen LogP contribution >= 0.6 is 0 Å². The molecule has 0 spiro atoms. The molecule has 1 fully saturated rings. The van der Waals surface area contributed by atoms with E-state index >= 15 is 4.39 Å². The minimum Gasteiger partial charge on any atom is -0.496 e. The maximum Gasteiger partial charge on any atom is 0.246 e. The van der Waals surface area contributed by atoms with Crippen molar-refractivity contribution >= 4 is 28.2 Å². The summed E-state index contributed by atoms with van der Waals surface area (Å²) in [6.45, 7) is 14.1. The van der Waals surface area contributed by atoms with E-state index in [2.05, 4.69) is 28.0 Å². The number of nitrogens with zero attached hydrogens (tertiary/aromatic N) is 4. The van der Waals surface area contributed by atoms with Crippen molar-refractivity contribution in [3.63, 3.8) is 0 Å². The summed E-state index contributed by atoms with van der Waals surface area (Å²) in [6, 6.07) is 6.81. The predicted molar refractivity (Wildman–Crippen MR) is 130 cm³/mol. The van der Waals surface area contributed by atoms with Gasteiger partial charge in [-0.3, -0.25) is 4.79 Å². The molecule has 0 atom stereocenters. The number of fused-ring (bicyclic) bond motifs is 1. The number of piperazine rings is 1. The first kappa shape index (κ1) is 22.5. The minimum atomic E-state index is -0.364. The summed E-state index contributed by atoms with van der Waals surface area (Å²) in [4.78, 5) is 25.1. The highest BCUT2D eigenvalue weighted by Crippen LogP contribution is 2.43. The Balaban J connectivity index is 1.89. The van der Waals surface area contributed by atoms with Crippen LogP contribution in [0.2, 0.25) is 0 Å². The number of allylic oxidation sites excluding steroid dienone is 1. The molecule has 0 aliphatic carbocycles. The molecule has 33 heavy (non-hydrogen) atoms. The number of aryl methyl sites for hydroxylation is 1. The summed E-state index contributed by atoms with van der Waals surface area (Å²) in [6.07, 6.45) is 2.87. The zero-order valence-electron chi connectivity index (χ0n) is 19.2. The van der Waals surface area contributed by atoms with Crippen LogP contribution in [0.4, 0.5) is 10.2 Å². The molecule has 0 bridgehead atoms. The van der Waals surface area contributed by atoms with Crippen molar-refractivity contribution in [3.05, 3.63) is 66.8 Å². The minimum absolute atomic E-state index is 0.0638. The highest BCUT2D eigenvalue weighted by atomic mass is 19.1. The van der Waals surface area contributed by atoms with Crippen LogP contribution in [0.3, 0.4) is 0 Å². The Morgan fingerprint density at radius 1 is 1.18 bits per heavy atom. The zero-order valence-corrected chi connectivity index (χ0v) is 19.2. The van der Waals surface area contributed by atoms with Gasteiger partial charge in [0.15, 0.2) is 0 Å². The van der Waals surface area contributed by atoms with Gasteiger partial charge in [-0.25, -0.2) is 14.4 Å². The highest BCUT2D eigenvalue weighted by molar-refractivity contribution is 6.03.